The van der Waals surface area contributed by atoms with Gasteiger partial charge in [-0.05, 0) is 34.7 Å². The van der Waals surface area contributed by atoms with Gasteiger partial charge < -0.3 is 5.73 Å². The first-order chi connectivity index (χ1) is 6.06. The van der Waals surface area contributed by atoms with Gasteiger partial charge in [0.15, 0.2) is 0 Å². The van der Waals surface area contributed by atoms with Crippen LogP contribution in [0.25, 0.3) is 0 Å². The molecule has 0 heterocycles. The predicted molar refractivity (Wildman–Crippen MR) is 52.3 cm³/mol. The molecule has 0 atom stereocenters. The van der Waals surface area contributed by atoms with Crippen LogP contribution in [0.5, 0.6) is 0 Å². The molecule has 0 aromatic heterocycles. The average molecular weight is 290 g/mol. The minimum atomic E-state index is -0.926. The van der Waals surface area contributed by atoms with Crippen molar-refractivity contribution in [3.05, 3.63) is 32.6 Å². The summed E-state index contributed by atoms with van der Waals surface area (Å²) in [6.45, 7) is 0. The Morgan fingerprint density at radius 3 is 2.69 bits per heavy atom. The summed E-state index contributed by atoms with van der Waals surface area (Å²) in [5.74, 6) is -1.68. The van der Waals surface area contributed by atoms with Gasteiger partial charge in [-0.3, -0.25) is 4.79 Å². The topological polar surface area (TPSA) is 66.9 Å². The Balaban J connectivity index is 3.50. The number of halogens is 2. The number of hydrogen-bond donors (Lipinski definition) is 1. The summed E-state index contributed by atoms with van der Waals surface area (Å²) in [5, 5.41) is 8.59. The Morgan fingerprint density at radius 2 is 2.23 bits per heavy atom. The molecule has 13 heavy (non-hydrogen) atoms. The van der Waals surface area contributed by atoms with Gasteiger partial charge in [-0.2, -0.15) is 5.26 Å². The van der Waals surface area contributed by atoms with Crippen molar-refractivity contribution in [1.29, 1.82) is 5.26 Å². The third-order valence-corrected chi connectivity index (χ3v) is 2.04. The zero-order chi connectivity index (χ0) is 10.0. The summed E-state index contributed by atoms with van der Waals surface area (Å²) in [5.41, 5.74) is 4.53. The van der Waals surface area contributed by atoms with Gasteiger partial charge >= 0.3 is 0 Å². The van der Waals surface area contributed by atoms with E-state index < -0.39 is 11.7 Å². The number of amides is 1. The van der Waals surface area contributed by atoms with Crippen LogP contribution in [0.15, 0.2) is 12.1 Å². The van der Waals surface area contributed by atoms with E-state index in [0.29, 0.717) is 3.57 Å². The second-order valence-electron chi connectivity index (χ2n) is 2.29. The van der Waals surface area contributed by atoms with Gasteiger partial charge in [0.25, 0.3) is 5.91 Å². The normalized spacial score (nSPS) is 9.31. The molecule has 1 aromatic rings. The Labute approximate surface area is 87.5 Å². The second kappa shape index (κ2) is 3.70. The second-order valence-corrected chi connectivity index (χ2v) is 3.53. The molecule has 3 nitrogen and oxygen atoms in total. The molecule has 0 aliphatic rings. The maximum Gasteiger partial charge on any atom is 0.253 e. The van der Waals surface area contributed by atoms with Crippen molar-refractivity contribution in [2.24, 2.45) is 5.73 Å². The molecule has 0 fully saturated rings. The summed E-state index contributed by atoms with van der Waals surface area (Å²) in [7, 11) is 0. The highest BCUT2D eigenvalue weighted by Gasteiger charge is 2.14. The maximum atomic E-state index is 13.1. The highest BCUT2D eigenvalue weighted by molar-refractivity contribution is 14.1. The van der Waals surface area contributed by atoms with Crippen molar-refractivity contribution in [2.75, 3.05) is 0 Å². The summed E-state index contributed by atoms with van der Waals surface area (Å²) < 4.78 is 13.6. The van der Waals surface area contributed by atoms with Crippen LogP contribution in [0.4, 0.5) is 4.39 Å². The Morgan fingerprint density at radius 1 is 1.62 bits per heavy atom. The van der Waals surface area contributed by atoms with Crippen LogP contribution in [0, 0.1) is 20.7 Å². The summed E-state index contributed by atoms with van der Waals surface area (Å²) >= 11 is 1.85. The van der Waals surface area contributed by atoms with Gasteiger partial charge in [-0.1, -0.05) is 0 Å². The maximum absolute atomic E-state index is 13.1. The zero-order valence-electron chi connectivity index (χ0n) is 6.34. The first kappa shape index (κ1) is 9.92. The molecule has 0 bridgehead atoms. The van der Waals surface area contributed by atoms with Crippen molar-refractivity contribution in [3.63, 3.8) is 0 Å². The summed E-state index contributed by atoms with van der Waals surface area (Å²) in [4.78, 5) is 10.7. The van der Waals surface area contributed by atoms with Crippen molar-refractivity contribution >= 4 is 28.5 Å². The van der Waals surface area contributed by atoms with E-state index >= 15 is 0 Å². The van der Waals surface area contributed by atoms with Crippen LogP contribution in [0.2, 0.25) is 0 Å². The number of primary amides is 1. The van der Waals surface area contributed by atoms with Crippen LogP contribution in [0.1, 0.15) is 15.9 Å². The molecule has 0 unspecified atom stereocenters. The SMILES string of the molecule is N#Cc1cc(I)cc(F)c1C(N)=O. The molecule has 0 aliphatic heterocycles. The van der Waals surface area contributed by atoms with E-state index in [1.54, 1.807) is 6.07 Å². The molecule has 2 N–H and O–H groups in total. The fourth-order valence-corrected chi connectivity index (χ4v) is 1.50. The number of nitrogens with two attached hydrogens (primary N) is 1. The van der Waals surface area contributed by atoms with Crippen molar-refractivity contribution < 1.29 is 9.18 Å². The standard InChI is InChI=1S/C8H4FIN2O/c9-6-2-5(10)1-4(3-11)7(6)8(12)13/h1-2H,(H2,12,13). The molecule has 1 rings (SSSR count). The van der Waals surface area contributed by atoms with E-state index in [2.05, 4.69) is 0 Å². The lowest BCUT2D eigenvalue weighted by atomic mass is 10.1. The van der Waals surface area contributed by atoms with Crippen LogP contribution in [-0.2, 0) is 0 Å². The van der Waals surface area contributed by atoms with Gasteiger partial charge in [0, 0.05) is 3.57 Å². The van der Waals surface area contributed by atoms with E-state index in [-0.39, 0.29) is 11.1 Å². The molecule has 0 saturated carbocycles. The molecule has 0 saturated heterocycles. The van der Waals surface area contributed by atoms with E-state index in [1.165, 1.54) is 6.07 Å². The lowest BCUT2D eigenvalue weighted by molar-refractivity contribution is 0.0996. The molecule has 0 aliphatic carbocycles. The Hall–Kier alpha value is -1.16. The van der Waals surface area contributed by atoms with Crippen molar-refractivity contribution in [3.8, 4) is 6.07 Å². The Bertz CT molecular complexity index is 411. The fraction of sp³-hybridized carbons (Fsp3) is 0. The minimum absolute atomic E-state index is 0.0306. The van der Waals surface area contributed by atoms with E-state index in [4.69, 9.17) is 11.0 Å². The summed E-state index contributed by atoms with van der Waals surface area (Å²) in [6.07, 6.45) is 0. The van der Waals surface area contributed by atoms with Crippen LogP contribution < -0.4 is 5.73 Å². The largest absolute Gasteiger partial charge is 0.365 e. The molecule has 1 amide bonds. The highest BCUT2D eigenvalue weighted by atomic mass is 127. The molecular weight excluding hydrogens is 286 g/mol. The third kappa shape index (κ3) is 1.95. The van der Waals surface area contributed by atoms with Gasteiger partial charge in [-0.15, -0.1) is 0 Å². The number of nitrogens with zero attached hydrogens (tertiary/aromatic N) is 1. The molecular formula is C8H4FIN2O. The third-order valence-electron chi connectivity index (χ3n) is 1.42. The van der Waals surface area contributed by atoms with Gasteiger partial charge in [0.2, 0.25) is 0 Å². The number of carbonyl (C=O) groups excluding carboxylic acids is 1. The number of hydrogen-bond acceptors (Lipinski definition) is 2. The molecule has 66 valence electrons. The first-order valence-electron chi connectivity index (χ1n) is 3.25. The molecule has 0 spiro atoms. The monoisotopic (exact) mass is 290 g/mol. The van der Waals surface area contributed by atoms with Gasteiger partial charge in [-0.25, -0.2) is 4.39 Å². The number of carbonyl (C=O) groups is 1. The number of benzene rings is 1. The van der Waals surface area contributed by atoms with Crippen LogP contribution >= 0.6 is 22.6 Å². The van der Waals surface area contributed by atoms with Gasteiger partial charge in [0.1, 0.15) is 11.9 Å². The molecule has 0 radical (unpaired) electrons. The zero-order valence-corrected chi connectivity index (χ0v) is 8.50. The average Bonchev–Trinajstić information content (AvgIpc) is 2.01. The predicted octanol–water partition coefficient (Wildman–Crippen LogP) is 1.40. The van der Waals surface area contributed by atoms with E-state index in [0.717, 1.165) is 6.07 Å². The highest BCUT2D eigenvalue weighted by Crippen LogP contribution is 2.16. The quantitative estimate of drug-likeness (QED) is 0.794. The lowest BCUT2D eigenvalue weighted by Crippen LogP contribution is -2.15. The summed E-state index contributed by atoms with van der Waals surface area (Å²) in [6, 6.07) is 4.27. The number of nitriles is 1. The fourth-order valence-electron chi connectivity index (χ4n) is 0.912. The smallest absolute Gasteiger partial charge is 0.253 e. The molecule has 5 heteroatoms. The first-order valence-corrected chi connectivity index (χ1v) is 4.33. The number of rotatable bonds is 1. The van der Waals surface area contributed by atoms with Crippen molar-refractivity contribution in [1.82, 2.24) is 0 Å². The lowest BCUT2D eigenvalue weighted by Gasteiger charge is -2.01. The molecule has 1 aromatic carbocycles. The minimum Gasteiger partial charge on any atom is -0.365 e. The van der Waals surface area contributed by atoms with E-state index in [1.807, 2.05) is 22.6 Å². The van der Waals surface area contributed by atoms with Crippen LogP contribution in [-0.4, -0.2) is 5.91 Å². The Kier molecular flexibility index (Phi) is 2.83. The van der Waals surface area contributed by atoms with Gasteiger partial charge in [0.05, 0.1) is 11.1 Å². The van der Waals surface area contributed by atoms with Crippen molar-refractivity contribution in [2.45, 2.75) is 0 Å². The van der Waals surface area contributed by atoms with E-state index in [9.17, 15) is 9.18 Å². The van der Waals surface area contributed by atoms with Crippen LogP contribution in [0.3, 0.4) is 0 Å².